The number of rotatable bonds is 4. The van der Waals surface area contributed by atoms with Crippen LogP contribution in [0.15, 0.2) is 29.0 Å². The minimum atomic E-state index is 0.0359. The summed E-state index contributed by atoms with van der Waals surface area (Å²) < 4.78 is 10.8. The van der Waals surface area contributed by atoms with E-state index in [1.807, 2.05) is 24.2 Å². The van der Waals surface area contributed by atoms with Crippen molar-refractivity contribution in [2.75, 3.05) is 26.7 Å². The van der Waals surface area contributed by atoms with Gasteiger partial charge in [0.1, 0.15) is 11.3 Å². The van der Waals surface area contributed by atoms with Crippen LogP contribution >= 0.6 is 0 Å². The molecular weight excluding hydrogens is 344 g/mol. The quantitative estimate of drug-likeness (QED) is 0.823. The molecule has 0 saturated carbocycles. The number of nitrogens with zero attached hydrogens (tertiary/aromatic N) is 4. The van der Waals surface area contributed by atoms with Gasteiger partial charge < -0.3 is 14.2 Å². The molecule has 2 aliphatic heterocycles. The summed E-state index contributed by atoms with van der Waals surface area (Å²) >= 11 is 0. The molecule has 1 amide bonds. The number of aryl methyl sites for hydroxylation is 2. The molecule has 7 nitrogen and oxygen atoms in total. The van der Waals surface area contributed by atoms with Gasteiger partial charge >= 0.3 is 0 Å². The maximum Gasteiger partial charge on any atom is 0.259 e. The molecule has 0 N–H and O–H groups in total. The Kier molecular flexibility index (Phi) is 4.97. The van der Waals surface area contributed by atoms with Crippen LogP contribution in [-0.4, -0.2) is 64.7 Å². The molecule has 2 aromatic rings. The van der Waals surface area contributed by atoms with Gasteiger partial charge in [0, 0.05) is 45.2 Å². The summed E-state index contributed by atoms with van der Waals surface area (Å²) in [6.45, 7) is 6.06. The second kappa shape index (κ2) is 7.40. The fraction of sp³-hybridized carbons (Fsp3) is 0.550. The lowest BCUT2D eigenvalue weighted by atomic mass is 9.87. The zero-order valence-corrected chi connectivity index (χ0v) is 16.1. The number of aromatic nitrogens is 2. The Morgan fingerprint density at radius 2 is 1.93 bits per heavy atom. The summed E-state index contributed by atoms with van der Waals surface area (Å²) in [7, 11) is 1.78. The van der Waals surface area contributed by atoms with E-state index in [0.717, 1.165) is 32.5 Å². The Morgan fingerprint density at radius 3 is 2.52 bits per heavy atom. The van der Waals surface area contributed by atoms with Crippen molar-refractivity contribution in [2.45, 2.75) is 44.9 Å². The van der Waals surface area contributed by atoms with Gasteiger partial charge in [-0.2, -0.15) is 0 Å². The second-order valence-corrected chi connectivity index (χ2v) is 7.42. The fourth-order valence-electron chi connectivity index (χ4n) is 4.39. The third-order valence-corrected chi connectivity index (χ3v) is 5.92. The van der Waals surface area contributed by atoms with E-state index >= 15 is 0 Å². The number of methoxy groups -OCH3 is 1. The van der Waals surface area contributed by atoms with Crippen LogP contribution in [0.2, 0.25) is 0 Å². The molecule has 2 unspecified atom stereocenters. The first kappa shape index (κ1) is 18.1. The van der Waals surface area contributed by atoms with Crippen molar-refractivity contribution in [3.63, 3.8) is 0 Å². The van der Waals surface area contributed by atoms with Gasteiger partial charge in [-0.25, -0.2) is 0 Å². The number of piperidine rings is 1. The lowest BCUT2D eigenvalue weighted by molar-refractivity contribution is -0.115. The first-order valence-corrected chi connectivity index (χ1v) is 9.50. The summed E-state index contributed by atoms with van der Waals surface area (Å²) in [4.78, 5) is 21.4. The maximum absolute atomic E-state index is 12.8. The summed E-state index contributed by atoms with van der Waals surface area (Å²) in [6.07, 6.45) is 5.82. The number of carbonyl (C=O) groups is 1. The van der Waals surface area contributed by atoms with Crippen molar-refractivity contribution < 1.29 is 14.1 Å². The number of carbonyl (C=O) groups excluding carboxylic acids is 1. The number of hydrogen-bond donors (Lipinski definition) is 0. The Labute approximate surface area is 159 Å². The molecule has 4 rings (SSSR count). The highest BCUT2D eigenvalue weighted by molar-refractivity contribution is 5.96. The van der Waals surface area contributed by atoms with E-state index in [2.05, 4.69) is 27.2 Å². The van der Waals surface area contributed by atoms with E-state index in [-0.39, 0.29) is 18.1 Å². The Balaban J connectivity index is 1.41. The minimum Gasteiger partial charge on any atom is -0.378 e. The Morgan fingerprint density at radius 1 is 1.22 bits per heavy atom. The predicted molar refractivity (Wildman–Crippen MR) is 99.4 cm³/mol. The molecule has 2 aromatic heterocycles. The first-order valence-electron chi connectivity index (χ1n) is 9.50. The molecule has 0 radical (unpaired) electrons. The largest absolute Gasteiger partial charge is 0.378 e. The Bertz CT molecular complexity index is 779. The molecule has 0 aliphatic carbocycles. The highest BCUT2D eigenvalue weighted by Crippen LogP contribution is 2.39. The normalized spacial score (nSPS) is 24.0. The van der Waals surface area contributed by atoms with Crippen molar-refractivity contribution in [1.29, 1.82) is 0 Å². The number of ether oxygens (including phenoxy) is 1. The van der Waals surface area contributed by atoms with E-state index in [9.17, 15) is 4.79 Å². The summed E-state index contributed by atoms with van der Waals surface area (Å²) in [5.74, 6) is 0.636. The van der Waals surface area contributed by atoms with E-state index in [0.29, 0.717) is 23.1 Å². The zero-order valence-electron chi connectivity index (χ0n) is 16.1. The van der Waals surface area contributed by atoms with Crippen LogP contribution in [0.25, 0.3) is 0 Å². The molecule has 2 saturated heterocycles. The van der Waals surface area contributed by atoms with Gasteiger partial charge in [0.25, 0.3) is 5.91 Å². The lowest BCUT2D eigenvalue weighted by Gasteiger charge is -2.53. The van der Waals surface area contributed by atoms with Crippen molar-refractivity contribution in [3.8, 4) is 0 Å². The SMILES string of the molecule is COC1CN(C2CCN(C(=O)c3c(C)noc3C)CC2)C1c1ccncc1. The van der Waals surface area contributed by atoms with Crippen LogP contribution in [-0.2, 0) is 4.74 Å². The lowest BCUT2D eigenvalue weighted by Crippen LogP contribution is -2.60. The molecule has 0 bridgehead atoms. The molecule has 7 heteroatoms. The molecule has 4 heterocycles. The zero-order chi connectivity index (χ0) is 19.0. The second-order valence-electron chi connectivity index (χ2n) is 7.42. The summed E-state index contributed by atoms with van der Waals surface area (Å²) in [6, 6.07) is 4.87. The Hall–Kier alpha value is -2.25. The van der Waals surface area contributed by atoms with E-state index in [1.54, 1.807) is 14.0 Å². The van der Waals surface area contributed by atoms with Crippen LogP contribution < -0.4 is 0 Å². The maximum atomic E-state index is 12.8. The minimum absolute atomic E-state index is 0.0359. The highest BCUT2D eigenvalue weighted by atomic mass is 16.5. The number of pyridine rings is 1. The third kappa shape index (κ3) is 3.26. The number of amides is 1. The van der Waals surface area contributed by atoms with Gasteiger partial charge in [0.15, 0.2) is 0 Å². The van der Waals surface area contributed by atoms with Crippen molar-refractivity contribution in [1.82, 2.24) is 19.9 Å². The standard InChI is InChI=1S/C20H26N4O3/c1-13-18(14(2)27-22-13)20(25)23-10-6-16(7-11-23)24-12-17(26-3)19(24)15-4-8-21-9-5-15/h4-5,8-9,16-17,19H,6-7,10-12H2,1-3H3. The molecule has 0 aromatic carbocycles. The van der Waals surface area contributed by atoms with Gasteiger partial charge in [-0.3, -0.25) is 14.7 Å². The smallest absolute Gasteiger partial charge is 0.259 e. The molecule has 144 valence electrons. The summed E-state index contributed by atoms with van der Waals surface area (Å²) in [5, 5.41) is 3.91. The predicted octanol–water partition coefficient (Wildman–Crippen LogP) is 2.36. The van der Waals surface area contributed by atoms with Gasteiger partial charge in [-0.05, 0) is 44.4 Å². The number of hydrogen-bond acceptors (Lipinski definition) is 6. The van der Waals surface area contributed by atoms with Gasteiger partial charge in [0.05, 0.1) is 17.8 Å². The van der Waals surface area contributed by atoms with Crippen LogP contribution in [0.5, 0.6) is 0 Å². The van der Waals surface area contributed by atoms with Crippen LogP contribution in [0, 0.1) is 13.8 Å². The highest BCUT2D eigenvalue weighted by Gasteiger charge is 2.44. The molecule has 0 spiro atoms. The van der Waals surface area contributed by atoms with E-state index in [4.69, 9.17) is 9.26 Å². The van der Waals surface area contributed by atoms with Crippen molar-refractivity contribution >= 4 is 5.91 Å². The molecular formula is C20H26N4O3. The van der Waals surface area contributed by atoms with Crippen LogP contribution in [0.3, 0.4) is 0 Å². The topological polar surface area (TPSA) is 71.7 Å². The molecule has 2 fully saturated rings. The molecule has 2 atom stereocenters. The van der Waals surface area contributed by atoms with E-state index in [1.165, 1.54) is 5.56 Å². The summed E-state index contributed by atoms with van der Waals surface area (Å²) in [5.41, 5.74) is 2.53. The average molecular weight is 370 g/mol. The van der Waals surface area contributed by atoms with Gasteiger partial charge in [-0.1, -0.05) is 5.16 Å². The monoisotopic (exact) mass is 370 g/mol. The molecule has 27 heavy (non-hydrogen) atoms. The van der Waals surface area contributed by atoms with Crippen LogP contribution in [0.4, 0.5) is 0 Å². The number of likely N-dealkylation sites (tertiary alicyclic amines) is 2. The van der Waals surface area contributed by atoms with Crippen LogP contribution in [0.1, 0.15) is 46.3 Å². The fourth-order valence-corrected chi connectivity index (χ4v) is 4.39. The van der Waals surface area contributed by atoms with Gasteiger partial charge in [-0.15, -0.1) is 0 Å². The average Bonchev–Trinajstić information content (AvgIpc) is 3.00. The first-order chi connectivity index (χ1) is 13.1. The third-order valence-electron chi connectivity index (χ3n) is 5.92. The molecule has 2 aliphatic rings. The van der Waals surface area contributed by atoms with Gasteiger partial charge in [0.2, 0.25) is 0 Å². The van der Waals surface area contributed by atoms with E-state index < -0.39 is 0 Å². The van der Waals surface area contributed by atoms with Crippen molar-refractivity contribution in [2.24, 2.45) is 0 Å². The van der Waals surface area contributed by atoms with Crippen molar-refractivity contribution in [3.05, 3.63) is 47.1 Å².